The van der Waals surface area contributed by atoms with Crippen molar-refractivity contribution in [2.24, 2.45) is 0 Å². The lowest BCUT2D eigenvalue weighted by Crippen LogP contribution is -2.28. The summed E-state index contributed by atoms with van der Waals surface area (Å²) in [7, 11) is 0. The zero-order valence-electron chi connectivity index (χ0n) is 10.5. The summed E-state index contributed by atoms with van der Waals surface area (Å²) in [6.07, 6.45) is 2.43. The molecule has 0 aromatic carbocycles. The SMILES string of the molecule is CCNC(=O)Cn1c(CC)cnc1SCC(=O)O. The maximum Gasteiger partial charge on any atom is 0.313 e. The number of carbonyl (C=O) groups is 2. The van der Waals surface area contributed by atoms with Crippen LogP contribution in [0.2, 0.25) is 0 Å². The fraction of sp³-hybridized carbons (Fsp3) is 0.545. The van der Waals surface area contributed by atoms with Crippen LogP contribution in [0.5, 0.6) is 0 Å². The minimum absolute atomic E-state index is 0.0600. The highest BCUT2D eigenvalue weighted by Gasteiger charge is 2.13. The normalized spacial score (nSPS) is 10.3. The van der Waals surface area contributed by atoms with Crippen LogP contribution in [0, 0.1) is 0 Å². The second-order valence-electron chi connectivity index (χ2n) is 3.61. The van der Waals surface area contributed by atoms with E-state index in [1.807, 2.05) is 13.8 Å². The summed E-state index contributed by atoms with van der Waals surface area (Å²) in [5.41, 5.74) is 0.925. The van der Waals surface area contributed by atoms with Crippen molar-refractivity contribution in [2.75, 3.05) is 12.3 Å². The van der Waals surface area contributed by atoms with Crippen molar-refractivity contribution in [3.05, 3.63) is 11.9 Å². The van der Waals surface area contributed by atoms with Crippen LogP contribution in [0.25, 0.3) is 0 Å². The molecule has 18 heavy (non-hydrogen) atoms. The van der Waals surface area contributed by atoms with Gasteiger partial charge in [-0.05, 0) is 13.3 Å². The first-order valence-electron chi connectivity index (χ1n) is 5.74. The largest absolute Gasteiger partial charge is 0.481 e. The number of carbonyl (C=O) groups excluding carboxylic acids is 1. The van der Waals surface area contributed by atoms with Gasteiger partial charge in [0.1, 0.15) is 6.54 Å². The second kappa shape index (κ2) is 7.05. The maximum absolute atomic E-state index is 11.6. The average molecular weight is 271 g/mol. The van der Waals surface area contributed by atoms with Gasteiger partial charge in [0.15, 0.2) is 5.16 Å². The molecule has 0 aliphatic heterocycles. The molecule has 1 rings (SSSR count). The van der Waals surface area contributed by atoms with Gasteiger partial charge in [0.05, 0.1) is 5.75 Å². The van der Waals surface area contributed by atoms with Crippen LogP contribution in [-0.2, 0) is 22.6 Å². The Morgan fingerprint density at radius 3 is 2.78 bits per heavy atom. The monoisotopic (exact) mass is 271 g/mol. The van der Waals surface area contributed by atoms with E-state index in [1.54, 1.807) is 10.8 Å². The smallest absolute Gasteiger partial charge is 0.313 e. The molecule has 0 saturated heterocycles. The molecule has 0 aliphatic rings. The van der Waals surface area contributed by atoms with Crippen LogP contribution in [0.15, 0.2) is 11.4 Å². The molecule has 1 aromatic rings. The van der Waals surface area contributed by atoms with E-state index in [0.29, 0.717) is 11.7 Å². The van der Waals surface area contributed by atoms with E-state index in [2.05, 4.69) is 10.3 Å². The van der Waals surface area contributed by atoms with Crippen molar-refractivity contribution in [2.45, 2.75) is 32.0 Å². The summed E-state index contributed by atoms with van der Waals surface area (Å²) < 4.78 is 1.76. The lowest BCUT2D eigenvalue weighted by molar-refractivity contribution is -0.133. The van der Waals surface area contributed by atoms with Crippen LogP contribution in [-0.4, -0.2) is 38.8 Å². The lowest BCUT2D eigenvalue weighted by atomic mass is 10.3. The number of hydrogen-bond donors (Lipinski definition) is 2. The molecule has 0 bridgehead atoms. The van der Waals surface area contributed by atoms with Gasteiger partial charge >= 0.3 is 5.97 Å². The minimum Gasteiger partial charge on any atom is -0.481 e. The molecule has 6 nitrogen and oxygen atoms in total. The molecule has 0 fully saturated rings. The van der Waals surface area contributed by atoms with Gasteiger partial charge in [0.25, 0.3) is 0 Å². The number of hydrogen-bond acceptors (Lipinski definition) is 4. The van der Waals surface area contributed by atoms with Crippen molar-refractivity contribution in [1.29, 1.82) is 0 Å². The maximum atomic E-state index is 11.6. The number of carboxylic acid groups (broad SMARTS) is 1. The highest BCUT2D eigenvalue weighted by atomic mass is 32.2. The van der Waals surface area contributed by atoms with Crippen molar-refractivity contribution < 1.29 is 14.7 Å². The summed E-state index contributed by atoms with van der Waals surface area (Å²) in [6, 6.07) is 0. The molecular formula is C11H17N3O3S. The molecule has 1 amide bonds. The zero-order valence-corrected chi connectivity index (χ0v) is 11.3. The summed E-state index contributed by atoms with van der Waals surface area (Å²) in [5, 5.41) is 11.9. The number of aromatic nitrogens is 2. The molecule has 1 heterocycles. The Labute approximate surface area is 110 Å². The van der Waals surface area contributed by atoms with Crippen molar-refractivity contribution in [3.63, 3.8) is 0 Å². The van der Waals surface area contributed by atoms with Crippen molar-refractivity contribution >= 4 is 23.6 Å². The Morgan fingerprint density at radius 1 is 1.50 bits per heavy atom. The molecule has 0 atom stereocenters. The lowest BCUT2D eigenvalue weighted by Gasteiger charge is -2.09. The van der Waals surface area contributed by atoms with Crippen LogP contribution in [0.3, 0.4) is 0 Å². The van der Waals surface area contributed by atoms with E-state index in [1.165, 1.54) is 0 Å². The van der Waals surface area contributed by atoms with Crippen molar-refractivity contribution in [3.8, 4) is 0 Å². The van der Waals surface area contributed by atoms with Gasteiger partial charge in [-0.1, -0.05) is 18.7 Å². The van der Waals surface area contributed by atoms with E-state index < -0.39 is 5.97 Å². The molecule has 100 valence electrons. The van der Waals surface area contributed by atoms with Crippen LogP contribution < -0.4 is 5.32 Å². The molecule has 0 saturated carbocycles. The van der Waals surface area contributed by atoms with E-state index in [9.17, 15) is 9.59 Å². The number of imidazole rings is 1. The van der Waals surface area contributed by atoms with E-state index in [-0.39, 0.29) is 18.2 Å². The predicted molar refractivity (Wildman–Crippen MR) is 68.6 cm³/mol. The van der Waals surface area contributed by atoms with Gasteiger partial charge in [-0.15, -0.1) is 0 Å². The summed E-state index contributed by atoms with van der Waals surface area (Å²) in [5.74, 6) is -1.05. The van der Waals surface area contributed by atoms with Gasteiger partial charge in [-0.2, -0.15) is 0 Å². The zero-order chi connectivity index (χ0) is 13.5. The van der Waals surface area contributed by atoms with E-state index >= 15 is 0 Å². The molecule has 0 unspecified atom stereocenters. The summed E-state index contributed by atoms with van der Waals surface area (Å²) >= 11 is 1.12. The molecule has 7 heteroatoms. The Balaban J connectivity index is 2.81. The molecule has 0 radical (unpaired) electrons. The van der Waals surface area contributed by atoms with Gasteiger partial charge < -0.3 is 15.0 Å². The minimum atomic E-state index is -0.898. The Bertz CT molecular complexity index is 431. The number of aryl methyl sites for hydroxylation is 1. The highest BCUT2D eigenvalue weighted by Crippen LogP contribution is 2.18. The summed E-state index contributed by atoms with van der Waals surface area (Å²) in [4.78, 5) is 26.3. The van der Waals surface area contributed by atoms with Crippen molar-refractivity contribution in [1.82, 2.24) is 14.9 Å². The average Bonchev–Trinajstić information content (AvgIpc) is 2.69. The molecular weight excluding hydrogens is 254 g/mol. The number of likely N-dealkylation sites (N-methyl/N-ethyl adjacent to an activating group) is 1. The van der Waals surface area contributed by atoms with Crippen LogP contribution in [0.1, 0.15) is 19.5 Å². The van der Waals surface area contributed by atoms with Crippen LogP contribution >= 0.6 is 11.8 Å². The first-order chi connectivity index (χ1) is 8.58. The predicted octanol–water partition coefficient (Wildman–Crippen LogP) is 0.758. The topological polar surface area (TPSA) is 84.2 Å². The van der Waals surface area contributed by atoms with E-state index in [0.717, 1.165) is 23.9 Å². The number of thioether (sulfide) groups is 1. The number of aliphatic carboxylic acids is 1. The third-order valence-corrected chi connectivity index (χ3v) is 3.24. The molecule has 0 spiro atoms. The number of carboxylic acids is 1. The molecule has 1 aromatic heterocycles. The van der Waals surface area contributed by atoms with Gasteiger partial charge in [-0.3, -0.25) is 9.59 Å². The Morgan fingerprint density at radius 2 is 2.22 bits per heavy atom. The third-order valence-electron chi connectivity index (χ3n) is 2.26. The fourth-order valence-corrected chi connectivity index (χ4v) is 2.20. The number of amides is 1. The standard InChI is InChI=1S/C11H17N3O3S/c1-3-8-5-13-11(18-7-10(16)17)14(8)6-9(15)12-4-2/h5H,3-4,6-7H2,1-2H3,(H,12,15)(H,16,17). The van der Waals surface area contributed by atoms with E-state index in [4.69, 9.17) is 5.11 Å². The second-order valence-corrected chi connectivity index (χ2v) is 4.55. The molecule has 2 N–H and O–H groups in total. The highest BCUT2D eigenvalue weighted by molar-refractivity contribution is 7.99. The van der Waals surface area contributed by atoms with Gasteiger partial charge in [0.2, 0.25) is 5.91 Å². The fourth-order valence-electron chi connectivity index (χ4n) is 1.48. The molecule has 0 aliphatic carbocycles. The van der Waals surface area contributed by atoms with Crippen LogP contribution in [0.4, 0.5) is 0 Å². The van der Waals surface area contributed by atoms with Gasteiger partial charge in [0, 0.05) is 18.4 Å². The quantitative estimate of drug-likeness (QED) is 0.715. The number of nitrogens with one attached hydrogen (secondary N) is 1. The first kappa shape index (κ1) is 14.6. The number of nitrogens with zero attached hydrogens (tertiary/aromatic N) is 2. The third kappa shape index (κ3) is 4.06. The first-order valence-corrected chi connectivity index (χ1v) is 6.72. The Kier molecular flexibility index (Phi) is 5.70. The number of rotatable bonds is 7. The Hall–Kier alpha value is -1.50. The van der Waals surface area contributed by atoms with Gasteiger partial charge in [-0.25, -0.2) is 4.98 Å². The summed E-state index contributed by atoms with van der Waals surface area (Å²) in [6.45, 7) is 4.58.